The van der Waals surface area contributed by atoms with Crippen molar-refractivity contribution in [2.45, 2.75) is 31.6 Å². The highest BCUT2D eigenvalue weighted by atomic mass is 19.3. The van der Waals surface area contributed by atoms with Crippen LogP contribution in [0.5, 0.6) is 5.75 Å². The number of benzene rings is 1. The van der Waals surface area contributed by atoms with Crippen molar-refractivity contribution in [3.05, 3.63) is 76.8 Å². The number of aromatic nitrogens is 2. The van der Waals surface area contributed by atoms with Crippen molar-refractivity contribution >= 4 is 11.9 Å². The molecule has 2 heterocycles. The second kappa shape index (κ2) is 8.94. The van der Waals surface area contributed by atoms with E-state index in [0.29, 0.717) is 19.1 Å². The van der Waals surface area contributed by atoms with Crippen LogP contribution in [0.4, 0.5) is 30.7 Å². The second-order valence-corrected chi connectivity index (χ2v) is 7.50. The third kappa shape index (κ3) is 5.06. The number of nitrogens with one attached hydrogen (secondary N) is 2. The molecule has 0 spiro atoms. The van der Waals surface area contributed by atoms with E-state index in [1.807, 2.05) is 0 Å². The number of rotatable bonds is 7. The summed E-state index contributed by atoms with van der Waals surface area (Å²) in [6, 6.07) is 3.74. The average molecular weight is 499 g/mol. The Morgan fingerprint density at radius 1 is 1.14 bits per heavy atom. The highest BCUT2D eigenvalue weighted by molar-refractivity contribution is 6.02. The lowest BCUT2D eigenvalue weighted by Gasteiger charge is -2.29. The third-order valence-electron chi connectivity index (χ3n) is 4.70. The predicted molar refractivity (Wildman–Crippen MR) is 111 cm³/mol. The van der Waals surface area contributed by atoms with Crippen LogP contribution in [0, 0.1) is 17.1 Å². The molecule has 0 aliphatic carbocycles. The van der Waals surface area contributed by atoms with Crippen LogP contribution < -0.4 is 10.1 Å². The Labute approximate surface area is 194 Å². The monoisotopic (exact) mass is 499 g/mol. The van der Waals surface area contributed by atoms with Gasteiger partial charge in [0, 0.05) is 25.5 Å². The molecule has 1 aromatic heterocycles. The Morgan fingerprint density at radius 2 is 1.83 bits per heavy atom. The first-order chi connectivity index (χ1) is 16.2. The number of hydrogen-bond acceptors (Lipinski definition) is 5. The summed E-state index contributed by atoms with van der Waals surface area (Å²) >= 11 is 0. The molecule has 35 heavy (non-hydrogen) atoms. The Morgan fingerprint density at radius 3 is 2.43 bits per heavy atom. The standard InChI is InChI=1S/C22H16F7N5O/c1-11-17(35-13-6-7-15(23)14(9-13)20(2,24)25)18(22(28,29)21(3,26)27)33-19(32-11)16-12(5-4-8-30)10-31-34-16/h4-7,9-10H,1H2,2-3H3,(H,31,34)(H,32,33)/b5-4+. The van der Waals surface area contributed by atoms with Crippen molar-refractivity contribution in [1.82, 2.24) is 15.5 Å². The summed E-state index contributed by atoms with van der Waals surface area (Å²) in [5, 5.41) is 17.4. The number of ether oxygens (including phenoxy) is 1. The smallest absolute Gasteiger partial charge is 0.355 e. The fourth-order valence-corrected chi connectivity index (χ4v) is 2.94. The molecular weight excluding hydrogens is 483 g/mol. The lowest BCUT2D eigenvalue weighted by molar-refractivity contribution is -0.175. The van der Waals surface area contributed by atoms with E-state index in [2.05, 4.69) is 27.1 Å². The lowest BCUT2D eigenvalue weighted by atomic mass is 10.1. The van der Waals surface area contributed by atoms with Crippen molar-refractivity contribution in [2.24, 2.45) is 4.99 Å². The van der Waals surface area contributed by atoms with Crippen LogP contribution >= 0.6 is 0 Å². The molecule has 2 aromatic rings. The van der Waals surface area contributed by atoms with Gasteiger partial charge in [0.15, 0.2) is 17.3 Å². The minimum atomic E-state index is -4.92. The van der Waals surface area contributed by atoms with Crippen molar-refractivity contribution < 1.29 is 35.5 Å². The normalized spacial score (nSPS) is 15.2. The van der Waals surface area contributed by atoms with Crippen molar-refractivity contribution in [1.29, 1.82) is 5.26 Å². The molecule has 3 rings (SSSR count). The Balaban J connectivity index is 2.19. The van der Waals surface area contributed by atoms with Crippen LogP contribution in [0.2, 0.25) is 0 Å². The van der Waals surface area contributed by atoms with Gasteiger partial charge >= 0.3 is 11.8 Å². The first-order valence-corrected chi connectivity index (χ1v) is 9.67. The number of alkyl halides is 6. The maximum absolute atomic E-state index is 14.9. The largest absolute Gasteiger partial charge is 0.453 e. The fraction of sp³-hybridized carbons (Fsp3) is 0.227. The molecule has 0 amide bonds. The van der Waals surface area contributed by atoms with Gasteiger partial charge in [0.1, 0.15) is 17.3 Å². The number of aromatic amines is 1. The summed E-state index contributed by atoms with van der Waals surface area (Å²) < 4.78 is 104. The molecule has 0 unspecified atom stereocenters. The summed E-state index contributed by atoms with van der Waals surface area (Å²) in [6.45, 7) is 3.87. The van der Waals surface area contributed by atoms with Gasteiger partial charge in [-0.05, 0) is 24.3 Å². The number of allylic oxidation sites excluding steroid dienone is 2. The summed E-state index contributed by atoms with van der Waals surface area (Å²) in [6.07, 6.45) is 3.55. The molecule has 0 bridgehead atoms. The minimum Gasteiger partial charge on any atom is -0.453 e. The number of amidine groups is 1. The van der Waals surface area contributed by atoms with Gasteiger partial charge in [0.25, 0.3) is 5.92 Å². The van der Waals surface area contributed by atoms with Crippen LogP contribution in [0.1, 0.15) is 30.7 Å². The van der Waals surface area contributed by atoms with E-state index in [1.165, 1.54) is 12.3 Å². The lowest BCUT2D eigenvalue weighted by Crippen LogP contribution is -2.43. The zero-order valence-electron chi connectivity index (χ0n) is 18.1. The van der Waals surface area contributed by atoms with Crippen molar-refractivity contribution in [3.63, 3.8) is 0 Å². The molecule has 0 saturated carbocycles. The zero-order valence-corrected chi connectivity index (χ0v) is 18.1. The molecule has 2 N–H and O–H groups in total. The molecule has 0 fully saturated rings. The molecule has 0 radical (unpaired) electrons. The maximum Gasteiger partial charge on any atom is 0.355 e. The Hall–Kier alpha value is -4.08. The Kier molecular flexibility index (Phi) is 6.52. The van der Waals surface area contributed by atoms with Gasteiger partial charge in [-0.3, -0.25) is 5.10 Å². The Bertz CT molecular complexity index is 1290. The molecule has 1 aromatic carbocycles. The average Bonchev–Trinajstić information content (AvgIpc) is 3.21. The molecule has 13 heteroatoms. The molecular formula is C22H16F7N5O. The highest BCUT2D eigenvalue weighted by Crippen LogP contribution is 2.44. The molecule has 1 aliphatic heterocycles. The number of nitrogens with zero attached hydrogens (tertiary/aromatic N) is 3. The van der Waals surface area contributed by atoms with Gasteiger partial charge in [-0.1, -0.05) is 6.58 Å². The van der Waals surface area contributed by atoms with Gasteiger partial charge in [0.05, 0.1) is 23.5 Å². The summed E-state index contributed by atoms with van der Waals surface area (Å²) in [4.78, 5) is 3.61. The topological polar surface area (TPSA) is 86.1 Å². The van der Waals surface area contributed by atoms with E-state index in [0.717, 1.165) is 12.1 Å². The van der Waals surface area contributed by atoms with Crippen LogP contribution in [-0.2, 0) is 5.92 Å². The highest BCUT2D eigenvalue weighted by Gasteiger charge is 2.58. The van der Waals surface area contributed by atoms with Crippen LogP contribution in [0.15, 0.2) is 59.2 Å². The summed E-state index contributed by atoms with van der Waals surface area (Å²) in [5.41, 5.74) is -2.99. The number of hydrogen-bond donors (Lipinski definition) is 2. The van der Waals surface area contributed by atoms with E-state index in [1.54, 1.807) is 6.07 Å². The molecule has 184 valence electrons. The first kappa shape index (κ1) is 25.5. The molecule has 6 nitrogen and oxygen atoms in total. The summed E-state index contributed by atoms with van der Waals surface area (Å²) in [5.74, 6) is -16.4. The van der Waals surface area contributed by atoms with Crippen LogP contribution in [0.25, 0.3) is 6.08 Å². The van der Waals surface area contributed by atoms with Gasteiger partial charge in [-0.2, -0.15) is 27.9 Å². The number of halogens is 7. The van der Waals surface area contributed by atoms with E-state index in [-0.39, 0.29) is 18.2 Å². The van der Waals surface area contributed by atoms with Gasteiger partial charge in [-0.25, -0.2) is 18.2 Å². The zero-order chi connectivity index (χ0) is 26.2. The van der Waals surface area contributed by atoms with Crippen LogP contribution in [0.3, 0.4) is 0 Å². The predicted octanol–water partition coefficient (Wildman–Crippen LogP) is 5.64. The first-order valence-electron chi connectivity index (χ1n) is 9.67. The quantitative estimate of drug-likeness (QED) is 0.381. The van der Waals surface area contributed by atoms with Gasteiger partial charge in [0.2, 0.25) is 0 Å². The minimum absolute atomic E-state index is 0.0392. The SMILES string of the molecule is C=C1NC(c2[nH]ncc2/C=C/C#N)=NC(C(F)(F)C(C)(F)F)=C1Oc1ccc(F)c(C(C)(F)F)c1. The van der Waals surface area contributed by atoms with Crippen LogP contribution in [-0.4, -0.2) is 27.9 Å². The number of nitriles is 1. The van der Waals surface area contributed by atoms with Gasteiger partial charge in [-0.15, -0.1) is 0 Å². The van der Waals surface area contributed by atoms with E-state index in [9.17, 15) is 30.7 Å². The second-order valence-electron chi connectivity index (χ2n) is 7.50. The van der Waals surface area contributed by atoms with Crippen molar-refractivity contribution in [2.75, 3.05) is 0 Å². The van der Waals surface area contributed by atoms with Gasteiger partial charge < -0.3 is 10.1 Å². The molecule has 0 saturated heterocycles. The number of aliphatic imine (C=N–C) groups is 1. The van der Waals surface area contributed by atoms with Crippen molar-refractivity contribution in [3.8, 4) is 11.8 Å². The summed E-state index contributed by atoms with van der Waals surface area (Å²) in [7, 11) is 0. The van der Waals surface area contributed by atoms with E-state index in [4.69, 9.17) is 10.00 Å². The molecule has 0 atom stereocenters. The van der Waals surface area contributed by atoms with E-state index >= 15 is 0 Å². The maximum atomic E-state index is 14.9. The fourth-order valence-electron chi connectivity index (χ4n) is 2.94. The third-order valence-corrected chi connectivity index (χ3v) is 4.70. The van der Waals surface area contributed by atoms with E-state index < -0.39 is 57.9 Å². The number of H-pyrrole nitrogens is 1. The molecule has 1 aliphatic rings.